The Morgan fingerprint density at radius 2 is 1.50 bits per heavy atom. The molecule has 3 heteroatoms. The molecule has 1 aromatic carbocycles. The van der Waals surface area contributed by atoms with E-state index in [1.807, 2.05) is 18.2 Å². The summed E-state index contributed by atoms with van der Waals surface area (Å²) in [6.45, 7) is 5.51. The Hall–Kier alpha value is -1.51. The molecule has 0 aliphatic heterocycles. The molecular formula is C13H19NO2. The summed E-state index contributed by atoms with van der Waals surface area (Å²) in [6.07, 6.45) is 3.25. The number of hydrogen-bond acceptors (Lipinski definition) is 3. The van der Waals surface area contributed by atoms with Gasteiger partial charge in [0.25, 0.3) is 0 Å². The van der Waals surface area contributed by atoms with E-state index >= 15 is 0 Å². The van der Waals surface area contributed by atoms with Crippen LogP contribution in [0.4, 0.5) is 0 Å². The molecule has 0 radical (unpaired) electrons. The maximum atomic E-state index is 7.26. The second-order valence-electron chi connectivity index (χ2n) is 3.58. The van der Waals surface area contributed by atoms with Crippen molar-refractivity contribution in [3.8, 4) is 11.5 Å². The fourth-order valence-corrected chi connectivity index (χ4v) is 1.28. The smallest absolute Gasteiger partial charge is 0.123 e. The highest BCUT2D eigenvalue weighted by atomic mass is 16.5. The maximum Gasteiger partial charge on any atom is 0.123 e. The van der Waals surface area contributed by atoms with E-state index in [1.54, 1.807) is 0 Å². The van der Waals surface area contributed by atoms with Gasteiger partial charge in [0, 0.05) is 12.3 Å². The van der Waals surface area contributed by atoms with E-state index in [4.69, 9.17) is 14.9 Å². The van der Waals surface area contributed by atoms with Crippen LogP contribution in [0.3, 0.4) is 0 Å². The molecule has 0 fully saturated rings. The Balaban J connectivity index is 2.78. The number of nitrogens with one attached hydrogen (secondary N) is 1. The summed E-state index contributed by atoms with van der Waals surface area (Å²) in [5, 5.41) is 7.26. The first-order chi connectivity index (χ1) is 7.80. The SMILES string of the molecule is CCCOc1cc(C=N)cc(OCCC)c1. The Morgan fingerprint density at radius 1 is 1.00 bits per heavy atom. The van der Waals surface area contributed by atoms with Crippen LogP contribution < -0.4 is 9.47 Å². The predicted octanol–water partition coefficient (Wildman–Crippen LogP) is 3.26. The quantitative estimate of drug-likeness (QED) is 0.718. The van der Waals surface area contributed by atoms with E-state index in [0.29, 0.717) is 13.2 Å². The largest absolute Gasteiger partial charge is 0.493 e. The van der Waals surface area contributed by atoms with Crippen molar-refractivity contribution >= 4 is 6.21 Å². The van der Waals surface area contributed by atoms with E-state index in [9.17, 15) is 0 Å². The first-order valence-corrected chi connectivity index (χ1v) is 5.71. The van der Waals surface area contributed by atoms with Crippen LogP contribution in [-0.4, -0.2) is 19.4 Å². The summed E-state index contributed by atoms with van der Waals surface area (Å²) >= 11 is 0. The van der Waals surface area contributed by atoms with Gasteiger partial charge in [0.2, 0.25) is 0 Å². The van der Waals surface area contributed by atoms with E-state index in [0.717, 1.165) is 29.9 Å². The van der Waals surface area contributed by atoms with Crippen molar-refractivity contribution in [2.75, 3.05) is 13.2 Å². The third kappa shape index (κ3) is 3.93. The van der Waals surface area contributed by atoms with E-state index < -0.39 is 0 Å². The monoisotopic (exact) mass is 221 g/mol. The Bertz CT molecular complexity index is 310. The highest BCUT2D eigenvalue weighted by molar-refractivity contribution is 5.78. The van der Waals surface area contributed by atoms with Crippen LogP contribution in [0.25, 0.3) is 0 Å². The summed E-state index contributed by atoms with van der Waals surface area (Å²) < 4.78 is 11.1. The Labute approximate surface area is 96.9 Å². The molecule has 0 amide bonds. The van der Waals surface area contributed by atoms with Gasteiger partial charge in [-0.25, -0.2) is 0 Å². The lowest BCUT2D eigenvalue weighted by Crippen LogP contribution is -1.99. The molecular weight excluding hydrogens is 202 g/mol. The van der Waals surface area contributed by atoms with Crippen LogP contribution in [-0.2, 0) is 0 Å². The first-order valence-electron chi connectivity index (χ1n) is 5.71. The molecule has 3 nitrogen and oxygen atoms in total. The molecule has 0 atom stereocenters. The van der Waals surface area contributed by atoms with Gasteiger partial charge in [-0.2, -0.15) is 0 Å². The molecule has 0 saturated heterocycles. The Kier molecular flexibility index (Phi) is 5.40. The fourth-order valence-electron chi connectivity index (χ4n) is 1.28. The zero-order valence-corrected chi connectivity index (χ0v) is 9.95. The fraction of sp³-hybridized carbons (Fsp3) is 0.462. The van der Waals surface area contributed by atoms with E-state index in [1.165, 1.54) is 6.21 Å². The van der Waals surface area contributed by atoms with Crippen molar-refractivity contribution in [1.82, 2.24) is 0 Å². The van der Waals surface area contributed by atoms with E-state index in [2.05, 4.69) is 13.8 Å². The minimum Gasteiger partial charge on any atom is -0.493 e. The lowest BCUT2D eigenvalue weighted by molar-refractivity contribution is 0.301. The van der Waals surface area contributed by atoms with Gasteiger partial charge in [-0.15, -0.1) is 0 Å². The standard InChI is InChI=1S/C13H19NO2/c1-3-5-15-12-7-11(10-14)8-13(9-12)16-6-4-2/h7-10,14H,3-6H2,1-2H3. The molecule has 88 valence electrons. The molecule has 0 aromatic heterocycles. The predicted molar refractivity (Wildman–Crippen MR) is 65.9 cm³/mol. The second-order valence-corrected chi connectivity index (χ2v) is 3.58. The van der Waals surface area contributed by atoms with Crippen molar-refractivity contribution < 1.29 is 9.47 Å². The van der Waals surface area contributed by atoms with Crippen LogP contribution in [0.15, 0.2) is 18.2 Å². The molecule has 0 aliphatic carbocycles. The molecule has 0 bridgehead atoms. The minimum absolute atomic E-state index is 0.689. The van der Waals surface area contributed by atoms with Crippen LogP contribution >= 0.6 is 0 Å². The highest BCUT2D eigenvalue weighted by Gasteiger charge is 2.01. The molecule has 0 heterocycles. The molecule has 0 aliphatic rings. The number of rotatable bonds is 7. The van der Waals surface area contributed by atoms with Crippen molar-refractivity contribution in [2.24, 2.45) is 0 Å². The molecule has 1 rings (SSSR count). The van der Waals surface area contributed by atoms with Gasteiger partial charge < -0.3 is 14.9 Å². The molecule has 0 saturated carbocycles. The first kappa shape index (κ1) is 12.6. The number of hydrogen-bond donors (Lipinski definition) is 1. The molecule has 0 unspecified atom stereocenters. The van der Waals surface area contributed by atoms with Gasteiger partial charge >= 0.3 is 0 Å². The number of benzene rings is 1. The molecule has 0 spiro atoms. The number of ether oxygens (including phenoxy) is 2. The van der Waals surface area contributed by atoms with Gasteiger partial charge in [0.15, 0.2) is 0 Å². The average molecular weight is 221 g/mol. The summed E-state index contributed by atoms with van der Waals surface area (Å²) in [6, 6.07) is 5.57. The van der Waals surface area contributed by atoms with Crippen molar-refractivity contribution in [3.63, 3.8) is 0 Å². The maximum absolute atomic E-state index is 7.26. The van der Waals surface area contributed by atoms with Gasteiger partial charge in [-0.05, 0) is 30.5 Å². The lowest BCUT2D eigenvalue weighted by atomic mass is 10.2. The van der Waals surface area contributed by atoms with Crippen molar-refractivity contribution in [3.05, 3.63) is 23.8 Å². The van der Waals surface area contributed by atoms with Crippen LogP contribution in [0.1, 0.15) is 32.3 Å². The molecule has 1 aromatic rings. The van der Waals surface area contributed by atoms with E-state index in [-0.39, 0.29) is 0 Å². The van der Waals surface area contributed by atoms with Crippen LogP contribution in [0, 0.1) is 5.41 Å². The van der Waals surface area contributed by atoms with Gasteiger partial charge in [-0.1, -0.05) is 13.8 Å². The highest BCUT2D eigenvalue weighted by Crippen LogP contribution is 2.22. The van der Waals surface area contributed by atoms with Crippen LogP contribution in [0.5, 0.6) is 11.5 Å². The van der Waals surface area contributed by atoms with Crippen molar-refractivity contribution in [1.29, 1.82) is 5.41 Å². The zero-order chi connectivity index (χ0) is 11.8. The second kappa shape index (κ2) is 6.88. The van der Waals surface area contributed by atoms with Crippen molar-refractivity contribution in [2.45, 2.75) is 26.7 Å². The topological polar surface area (TPSA) is 42.3 Å². The summed E-state index contributed by atoms with van der Waals surface area (Å²) in [5.41, 5.74) is 0.805. The van der Waals surface area contributed by atoms with Crippen LogP contribution in [0.2, 0.25) is 0 Å². The zero-order valence-electron chi connectivity index (χ0n) is 9.95. The van der Waals surface area contributed by atoms with Gasteiger partial charge in [0.1, 0.15) is 11.5 Å². The lowest BCUT2D eigenvalue weighted by Gasteiger charge is -2.09. The Morgan fingerprint density at radius 3 is 1.88 bits per heavy atom. The third-order valence-corrected chi connectivity index (χ3v) is 2.01. The summed E-state index contributed by atoms with van der Waals surface area (Å²) in [4.78, 5) is 0. The van der Waals surface area contributed by atoms with Gasteiger partial charge in [-0.3, -0.25) is 0 Å². The molecule has 1 N–H and O–H groups in total. The summed E-state index contributed by atoms with van der Waals surface area (Å²) in [7, 11) is 0. The average Bonchev–Trinajstić information content (AvgIpc) is 2.33. The summed E-state index contributed by atoms with van der Waals surface area (Å²) in [5.74, 6) is 1.54. The normalized spacial score (nSPS) is 9.88. The molecule has 16 heavy (non-hydrogen) atoms. The third-order valence-electron chi connectivity index (χ3n) is 2.01. The minimum atomic E-state index is 0.689. The van der Waals surface area contributed by atoms with Gasteiger partial charge in [0.05, 0.1) is 13.2 Å².